The monoisotopic (exact) mass is 349 g/mol. The van der Waals surface area contributed by atoms with E-state index in [-0.39, 0.29) is 11.8 Å². The first kappa shape index (κ1) is 16.3. The Bertz CT molecular complexity index is 1020. The normalized spacial score (nSPS) is 13.5. The minimum atomic E-state index is -0.106. The van der Waals surface area contributed by atoms with Crippen molar-refractivity contribution < 1.29 is 9.59 Å². The molecule has 4 rings (SSSR count). The summed E-state index contributed by atoms with van der Waals surface area (Å²) >= 11 is 0. The molecule has 1 N–H and O–H groups in total. The molecule has 3 aromatic rings. The van der Waals surface area contributed by atoms with E-state index in [0.29, 0.717) is 24.2 Å². The molecule has 0 unspecified atom stereocenters. The fourth-order valence-electron chi connectivity index (χ4n) is 3.37. The van der Waals surface area contributed by atoms with Crippen LogP contribution in [-0.4, -0.2) is 38.3 Å². The predicted molar refractivity (Wildman–Crippen MR) is 97.7 cm³/mol. The Labute approximate surface area is 150 Å². The number of aromatic nitrogens is 3. The van der Waals surface area contributed by atoms with Gasteiger partial charge in [-0.05, 0) is 47.9 Å². The summed E-state index contributed by atoms with van der Waals surface area (Å²) in [5.41, 5.74) is 5.25. The van der Waals surface area contributed by atoms with Crippen LogP contribution in [0.5, 0.6) is 0 Å². The third-order valence-electron chi connectivity index (χ3n) is 4.68. The quantitative estimate of drug-likeness (QED) is 0.768. The van der Waals surface area contributed by atoms with E-state index in [9.17, 15) is 9.59 Å². The zero-order valence-corrected chi connectivity index (χ0v) is 14.7. The maximum absolute atomic E-state index is 12.9. The van der Waals surface area contributed by atoms with Crippen LogP contribution in [0.3, 0.4) is 0 Å². The van der Waals surface area contributed by atoms with Crippen LogP contribution in [0.1, 0.15) is 28.4 Å². The van der Waals surface area contributed by atoms with Crippen molar-refractivity contribution in [3.05, 3.63) is 53.1 Å². The van der Waals surface area contributed by atoms with Crippen molar-refractivity contribution in [2.24, 2.45) is 7.05 Å². The summed E-state index contributed by atoms with van der Waals surface area (Å²) in [6.07, 6.45) is 0.800. The molecule has 0 aliphatic carbocycles. The third-order valence-corrected chi connectivity index (χ3v) is 4.68. The Balaban J connectivity index is 1.58. The van der Waals surface area contributed by atoms with Crippen LogP contribution in [0.15, 0.2) is 36.4 Å². The molecule has 1 aliphatic heterocycles. The minimum Gasteiger partial charge on any atom is -0.334 e. The molecule has 1 aliphatic rings. The number of nitrogens with zero attached hydrogens (tertiary/aromatic N) is 4. The minimum absolute atomic E-state index is 0.0202. The summed E-state index contributed by atoms with van der Waals surface area (Å²) in [6.45, 7) is 2.68. The van der Waals surface area contributed by atoms with Gasteiger partial charge in [-0.25, -0.2) is 4.68 Å². The summed E-state index contributed by atoms with van der Waals surface area (Å²) in [7, 11) is 1.82. The lowest BCUT2D eigenvalue weighted by Gasteiger charge is -2.29. The molecule has 7 nitrogen and oxygen atoms in total. The van der Waals surface area contributed by atoms with Gasteiger partial charge in [0.1, 0.15) is 5.52 Å². The lowest BCUT2D eigenvalue weighted by Crippen LogP contribution is -2.36. The lowest BCUT2D eigenvalue weighted by atomic mass is 9.98. The zero-order chi connectivity index (χ0) is 18.3. The molecule has 2 heterocycles. The number of carbonyl (C=O) groups excluding carboxylic acids is 2. The van der Waals surface area contributed by atoms with Gasteiger partial charge in [0, 0.05) is 38.3 Å². The van der Waals surface area contributed by atoms with Gasteiger partial charge in [-0.15, -0.1) is 5.10 Å². The molecular weight excluding hydrogens is 330 g/mol. The van der Waals surface area contributed by atoms with E-state index < -0.39 is 0 Å². The fraction of sp³-hybridized carbons (Fsp3) is 0.263. The average Bonchev–Trinajstić information content (AvgIpc) is 3.00. The van der Waals surface area contributed by atoms with Gasteiger partial charge in [0.15, 0.2) is 0 Å². The highest BCUT2D eigenvalue weighted by Crippen LogP contribution is 2.24. The van der Waals surface area contributed by atoms with Gasteiger partial charge in [-0.1, -0.05) is 11.3 Å². The second-order valence-electron chi connectivity index (χ2n) is 6.56. The van der Waals surface area contributed by atoms with E-state index in [0.717, 1.165) is 23.2 Å². The number of rotatable bonds is 2. The second kappa shape index (κ2) is 6.25. The van der Waals surface area contributed by atoms with E-state index in [1.54, 1.807) is 10.7 Å². The van der Waals surface area contributed by atoms with Crippen molar-refractivity contribution in [2.75, 3.05) is 11.9 Å². The molecular formula is C19H19N5O2. The van der Waals surface area contributed by atoms with Gasteiger partial charge in [-0.2, -0.15) is 0 Å². The van der Waals surface area contributed by atoms with Gasteiger partial charge < -0.3 is 10.2 Å². The average molecular weight is 349 g/mol. The number of carbonyl (C=O) groups is 2. The third kappa shape index (κ3) is 2.92. The van der Waals surface area contributed by atoms with E-state index in [1.165, 1.54) is 12.5 Å². The molecule has 0 radical (unpaired) electrons. The summed E-state index contributed by atoms with van der Waals surface area (Å²) in [4.78, 5) is 26.0. The molecule has 0 spiro atoms. The number of fused-ring (bicyclic) bond motifs is 2. The Hall–Kier alpha value is -3.22. The molecule has 0 bridgehead atoms. The number of hydrogen-bond donors (Lipinski definition) is 1. The van der Waals surface area contributed by atoms with Crippen LogP contribution in [-0.2, 0) is 24.8 Å². The van der Waals surface area contributed by atoms with E-state index in [1.807, 2.05) is 42.3 Å². The van der Waals surface area contributed by atoms with Gasteiger partial charge in [0.2, 0.25) is 5.91 Å². The summed E-state index contributed by atoms with van der Waals surface area (Å²) in [6, 6.07) is 11.3. The Morgan fingerprint density at radius 3 is 2.77 bits per heavy atom. The van der Waals surface area contributed by atoms with Gasteiger partial charge in [0.25, 0.3) is 5.91 Å². The highest BCUT2D eigenvalue weighted by molar-refractivity contribution is 5.97. The summed E-state index contributed by atoms with van der Waals surface area (Å²) in [5, 5.41) is 10.9. The zero-order valence-electron chi connectivity index (χ0n) is 14.7. The molecule has 26 heavy (non-hydrogen) atoms. The Morgan fingerprint density at radius 1 is 1.12 bits per heavy atom. The maximum Gasteiger partial charge on any atom is 0.254 e. The van der Waals surface area contributed by atoms with Gasteiger partial charge >= 0.3 is 0 Å². The van der Waals surface area contributed by atoms with Crippen molar-refractivity contribution >= 4 is 28.5 Å². The van der Waals surface area contributed by atoms with Crippen molar-refractivity contribution in [3.8, 4) is 0 Å². The highest BCUT2D eigenvalue weighted by atomic mass is 16.2. The maximum atomic E-state index is 12.9. The molecule has 7 heteroatoms. The Kier molecular flexibility index (Phi) is 3.91. The lowest BCUT2D eigenvalue weighted by molar-refractivity contribution is -0.114. The van der Waals surface area contributed by atoms with E-state index in [2.05, 4.69) is 15.6 Å². The topological polar surface area (TPSA) is 80.1 Å². The van der Waals surface area contributed by atoms with Crippen LogP contribution in [0, 0.1) is 0 Å². The molecule has 0 saturated carbocycles. The molecule has 2 aromatic carbocycles. The molecule has 132 valence electrons. The number of amides is 2. The van der Waals surface area contributed by atoms with Crippen LogP contribution in [0.2, 0.25) is 0 Å². The first-order chi connectivity index (χ1) is 12.5. The number of hydrogen-bond acceptors (Lipinski definition) is 4. The SMILES string of the molecule is CC(=O)Nc1ccc2c(c1)CN(C(=O)c1ccc3c(c1)nnn3C)CC2. The number of benzene rings is 2. The van der Waals surface area contributed by atoms with Crippen LogP contribution in [0.4, 0.5) is 5.69 Å². The smallest absolute Gasteiger partial charge is 0.254 e. The molecule has 0 saturated heterocycles. The largest absolute Gasteiger partial charge is 0.334 e. The standard InChI is InChI=1S/C19H19N5O2/c1-12(25)20-16-5-3-13-7-8-24(11-15(13)9-16)19(26)14-4-6-18-17(10-14)21-22-23(18)2/h3-6,9-10H,7-8,11H2,1-2H3,(H,20,25). The predicted octanol–water partition coefficient (Wildman–Crippen LogP) is 2.13. The van der Waals surface area contributed by atoms with Gasteiger partial charge in [-0.3, -0.25) is 9.59 Å². The summed E-state index contributed by atoms with van der Waals surface area (Å²) in [5.74, 6) is -0.126. The first-order valence-electron chi connectivity index (χ1n) is 8.49. The molecule has 0 atom stereocenters. The summed E-state index contributed by atoms with van der Waals surface area (Å²) < 4.78 is 1.68. The van der Waals surface area contributed by atoms with Crippen molar-refractivity contribution in [3.63, 3.8) is 0 Å². The number of anilines is 1. The number of aryl methyl sites for hydroxylation is 1. The molecule has 1 aromatic heterocycles. The van der Waals surface area contributed by atoms with E-state index >= 15 is 0 Å². The first-order valence-corrected chi connectivity index (χ1v) is 8.49. The second-order valence-corrected chi connectivity index (χ2v) is 6.56. The molecule has 2 amide bonds. The van der Waals surface area contributed by atoms with Crippen molar-refractivity contribution in [2.45, 2.75) is 19.9 Å². The van der Waals surface area contributed by atoms with Crippen LogP contribution < -0.4 is 5.32 Å². The Morgan fingerprint density at radius 2 is 1.96 bits per heavy atom. The van der Waals surface area contributed by atoms with E-state index in [4.69, 9.17) is 0 Å². The molecule has 0 fully saturated rings. The fourth-order valence-corrected chi connectivity index (χ4v) is 3.37. The van der Waals surface area contributed by atoms with Crippen molar-refractivity contribution in [1.29, 1.82) is 0 Å². The highest BCUT2D eigenvalue weighted by Gasteiger charge is 2.22. The van der Waals surface area contributed by atoms with Gasteiger partial charge in [0.05, 0.1) is 5.52 Å². The van der Waals surface area contributed by atoms with Crippen LogP contribution >= 0.6 is 0 Å². The van der Waals surface area contributed by atoms with Crippen molar-refractivity contribution in [1.82, 2.24) is 19.9 Å². The van der Waals surface area contributed by atoms with Crippen LogP contribution in [0.25, 0.3) is 11.0 Å². The number of nitrogens with one attached hydrogen (secondary N) is 1.